The van der Waals surface area contributed by atoms with E-state index in [1.807, 2.05) is 0 Å². The highest BCUT2D eigenvalue weighted by atomic mass is 35.5. The molecule has 0 radical (unpaired) electrons. The molecule has 21 heavy (non-hydrogen) atoms. The van der Waals surface area contributed by atoms with Crippen molar-refractivity contribution < 1.29 is 18.3 Å². The maximum atomic E-state index is 12.3. The van der Waals surface area contributed by atoms with Gasteiger partial charge >= 0.3 is 5.97 Å². The quantitative estimate of drug-likeness (QED) is 0.904. The van der Waals surface area contributed by atoms with Crippen molar-refractivity contribution in [1.29, 1.82) is 0 Å². The molecule has 0 bridgehead atoms. The highest BCUT2D eigenvalue weighted by Gasteiger charge is 2.18. The second-order valence-electron chi connectivity index (χ2n) is 4.42. The molecule has 0 fully saturated rings. The van der Waals surface area contributed by atoms with Crippen LogP contribution in [-0.2, 0) is 10.0 Å². The van der Waals surface area contributed by atoms with E-state index in [1.165, 1.54) is 30.3 Å². The number of benzene rings is 2. The van der Waals surface area contributed by atoms with Gasteiger partial charge in [0.15, 0.2) is 0 Å². The predicted octanol–water partition coefficient (Wildman–Crippen LogP) is 3.15. The number of hydrogen-bond donors (Lipinski definition) is 2. The minimum absolute atomic E-state index is 0.00748. The smallest absolute Gasteiger partial charge is 0.337 e. The first kappa shape index (κ1) is 15.3. The van der Waals surface area contributed by atoms with Crippen LogP contribution in [0.4, 0.5) is 5.69 Å². The summed E-state index contributed by atoms with van der Waals surface area (Å²) in [5.41, 5.74) is 0.617. The van der Waals surface area contributed by atoms with E-state index in [9.17, 15) is 13.2 Å². The molecule has 0 unspecified atom stereocenters. The number of anilines is 1. The van der Waals surface area contributed by atoms with Crippen molar-refractivity contribution in [3.8, 4) is 0 Å². The van der Waals surface area contributed by atoms with Crippen LogP contribution in [-0.4, -0.2) is 19.5 Å². The van der Waals surface area contributed by atoms with Gasteiger partial charge in [0.25, 0.3) is 10.0 Å². The third kappa shape index (κ3) is 3.53. The van der Waals surface area contributed by atoms with E-state index in [0.29, 0.717) is 0 Å². The Kier molecular flexibility index (Phi) is 4.20. The maximum absolute atomic E-state index is 12.3. The Balaban J connectivity index is 2.44. The fraction of sp³-hybridized carbons (Fsp3) is 0.0714. The maximum Gasteiger partial charge on any atom is 0.337 e. The van der Waals surface area contributed by atoms with Crippen LogP contribution in [0.5, 0.6) is 0 Å². The Labute approximate surface area is 127 Å². The van der Waals surface area contributed by atoms with Crippen molar-refractivity contribution in [3.63, 3.8) is 0 Å². The van der Waals surface area contributed by atoms with Crippen LogP contribution in [0.15, 0.2) is 47.4 Å². The molecule has 2 N–H and O–H groups in total. The molecule has 0 aromatic heterocycles. The molecule has 0 aliphatic carbocycles. The van der Waals surface area contributed by atoms with E-state index in [4.69, 9.17) is 16.7 Å². The number of aryl methyl sites for hydroxylation is 1. The highest BCUT2D eigenvalue weighted by molar-refractivity contribution is 7.92. The Morgan fingerprint density at radius 3 is 2.52 bits per heavy atom. The third-order valence-electron chi connectivity index (χ3n) is 2.76. The molecule has 0 aliphatic rings. The lowest BCUT2D eigenvalue weighted by molar-refractivity contribution is 0.0698. The summed E-state index contributed by atoms with van der Waals surface area (Å²) in [6.07, 6.45) is 0. The van der Waals surface area contributed by atoms with Gasteiger partial charge in [-0.25, -0.2) is 13.2 Å². The van der Waals surface area contributed by atoms with Crippen molar-refractivity contribution in [2.45, 2.75) is 11.8 Å². The monoisotopic (exact) mass is 325 g/mol. The Hall–Kier alpha value is -2.05. The fourth-order valence-corrected chi connectivity index (χ4v) is 3.14. The molecule has 5 nitrogen and oxygen atoms in total. The number of carboxylic acids is 1. The molecule has 2 aromatic rings. The van der Waals surface area contributed by atoms with Gasteiger partial charge < -0.3 is 5.11 Å². The van der Waals surface area contributed by atoms with Gasteiger partial charge in [0.2, 0.25) is 0 Å². The average Bonchev–Trinajstić information content (AvgIpc) is 2.40. The summed E-state index contributed by atoms with van der Waals surface area (Å²) in [5.74, 6) is -1.21. The highest BCUT2D eigenvalue weighted by Crippen LogP contribution is 2.23. The van der Waals surface area contributed by atoms with Crippen molar-refractivity contribution in [3.05, 3.63) is 58.6 Å². The summed E-state index contributed by atoms with van der Waals surface area (Å²) in [6, 6.07) is 10.2. The van der Waals surface area contributed by atoms with Gasteiger partial charge in [-0.1, -0.05) is 29.3 Å². The zero-order valence-electron chi connectivity index (χ0n) is 11.0. The first-order valence-corrected chi connectivity index (χ1v) is 7.78. The zero-order chi connectivity index (χ0) is 15.6. The summed E-state index contributed by atoms with van der Waals surface area (Å²) in [5, 5.41) is 9.42. The number of carbonyl (C=O) groups is 1. The number of hydrogen-bond acceptors (Lipinski definition) is 3. The number of sulfonamides is 1. The van der Waals surface area contributed by atoms with Crippen LogP contribution in [0.2, 0.25) is 5.02 Å². The number of halogens is 1. The van der Waals surface area contributed by atoms with Gasteiger partial charge in [-0.2, -0.15) is 0 Å². The molecule has 0 saturated carbocycles. The van der Waals surface area contributed by atoms with Crippen LogP contribution in [0.25, 0.3) is 0 Å². The van der Waals surface area contributed by atoms with Gasteiger partial charge in [0.1, 0.15) is 0 Å². The van der Waals surface area contributed by atoms with E-state index in [-0.39, 0.29) is 21.2 Å². The van der Waals surface area contributed by atoms with Gasteiger partial charge in [0.05, 0.1) is 16.1 Å². The Bertz CT molecular complexity index is 802. The second-order valence-corrected chi connectivity index (χ2v) is 6.54. The molecule has 7 heteroatoms. The SMILES string of the molecule is Cc1ccc(NS(=O)(=O)c2cccc(Cl)c2)c(C(=O)O)c1. The molecule has 0 saturated heterocycles. The van der Waals surface area contributed by atoms with E-state index < -0.39 is 16.0 Å². The lowest BCUT2D eigenvalue weighted by Crippen LogP contribution is -2.15. The van der Waals surface area contributed by atoms with Gasteiger partial charge in [-0.15, -0.1) is 0 Å². The molecule has 0 amide bonds. The van der Waals surface area contributed by atoms with E-state index >= 15 is 0 Å². The lowest BCUT2D eigenvalue weighted by atomic mass is 10.1. The average molecular weight is 326 g/mol. The van der Waals surface area contributed by atoms with Crippen LogP contribution in [0.3, 0.4) is 0 Å². The summed E-state index contributed by atoms with van der Waals surface area (Å²) in [7, 11) is -3.90. The van der Waals surface area contributed by atoms with Gasteiger partial charge in [0, 0.05) is 5.02 Å². The third-order valence-corrected chi connectivity index (χ3v) is 4.35. The molecule has 0 atom stereocenters. The molecule has 0 spiro atoms. The van der Waals surface area contributed by atoms with E-state index in [1.54, 1.807) is 19.1 Å². The Morgan fingerprint density at radius 2 is 1.90 bits per heavy atom. The first-order chi connectivity index (χ1) is 9.79. The van der Waals surface area contributed by atoms with Gasteiger partial charge in [-0.05, 0) is 37.3 Å². The number of rotatable bonds is 4. The summed E-state index contributed by atoms with van der Waals surface area (Å²) in [6.45, 7) is 1.72. The first-order valence-electron chi connectivity index (χ1n) is 5.92. The molecule has 2 aromatic carbocycles. The summed E-state index contributed by atoms with van der Waals surface area (Å²) in [4.78, 5) is 11.2. The normalized spacial score (nSPS) is 11.1. The summed E-state index contributed by atoms with van der Waals surface area (Å²) >= 11 is 5.77. The molecule has 110 valence electrons. The molecule has 0 aliphatic heterocycles. The van der Waals surface area contributed by atoms with Crippen LogP contribution >= 0.6 is 11.6 Å². The number of carboxylic acid groups (broad SMARTS) is 1. The standard InChI is InChI=1S/C14H12ClNO4S/c1-9-5-6-13(12(7-9)14(17)18)16-21(19,20)11-4-2-3-10(15)8-11/h2-8,16H,1H3,(H,17,18). The van der Waals surface area contributed by atoms with Crippen molar-refractivity contribution in [2.75, 3.05) is 4.72 Å². The molecular formula is C14H12ClNO4S. The van der Waals surface area contributed by atoms with Crippen LogP contribution in [0.1, 0.15) is 15.9 Å². The predicted molar refractivity (Wildman–Crippen MR) is 80.4 cm³/mol. The van der Waals surface area contributed by atoms with Crippen molar-refractivity contribution in [2.24, 2.45) is 0 Å². The second kappa shape index (κ2) is 5.75. The molecular weight excluding hydrogens is 314 g/mol. The van der Waals surface area contributed by atoms with E-state index in [0.717, 1.165) is 5.56 Å². The Morgan fingerprint density at radius 1 is 1.19 bits per heavy atom. The lowest BCUT2D eigenvalue weighted by Gasteiger charge is -2.11. The van der Waals surface area contributed by atoms with E-state index in [2.05, 4.69) is 4.72 Å². The van der Waals surface area contributed by atoms with Gasteiger partial charge in [-0.3, -0.25) is 4.72 Å². The van der Waals surface area contributed by atoms with Crippen molar-refractivity contribution in [1.82, 2.24) is 0 Å². The number of aromatic carboxylic acids is 1. The van der Waals surface area contributed by atoms with Crippen LogP contribution < -0.4 is 4.72 Å². The largest absolute Gasteiger partial charge is 0.478 e. The molecule has 0 heterocycles. The minimum Gasteiger partial charge on any atom is -0.478 e. The number of nitrogens with one attached hydrogen (secondary N) is 1. The topological polar surface area (TPSA) is 83.5 Å². The van der Waals surface area contributed by atoms with Crippen LogP contribution in [0, 0.1) is 6.92 Å². The summed E-state index contributed by atoms with van der Waals surface area (Å²) < 4.78 is 26.8. The fourth-order valence-electron chi connectivity index (χ4n) is 1.76. The molecule has 2 rings (SSSR count). The minimum atomic E-state index is -3.90. The zero-order valence-corrected chi connectivity index (χ0v) is 12.6. The van der Waals surface area contributed by atoms with Crippen molar-refractivity contribution >= 4 is 33.3 Å².